The lowest BCUT2D eigenvalue weighted by atomic mass is 9.94. The van der Waals surface area contributed by atoms with Gasteiger partial charge in [0.25, 0.3) is 0 Å². The maximum absolute atomic E-state index is 3.54. The summed E-state index contributed by atoms with van der Waals surface area (Å²) in [6.45, 7) is 6.94. The SMILES string of the molecule is CCCC1CN(c2cc(Br)ccc2C)C1. The van der Waals surface area contributed by atoms with Gasteiger partial charge in [0.1, 0.15) is 0 Å². The summed E-state index contributed by atoms with van der Waals surface area (Å²) in [6.07, 6.45) is 2.69. The first-order chi connectivity index (χ1) is 7.20. The van der Waals surface area contributed by atoms with Gasteiger partial charge in [0, 0.05) is 23.2 Å². The summed E-state index contributed by atoms with van der Waals surface area (Å²) in [5.74, 6) is 0.924. The molecule has 1 aliphatic heterocycles. The number of aryl methyl sites for hydroxylation is 1. The van der Waals surface area contributed by atoms with Crippen molar-refractivity contribution in [3.05, 3.63) is 28.2 Å². The first-order valence-electron chi connectivity index (χ1n) is 5.71. The predicted octanol–water partition coefficient (Wildman–Crippen LogP) is 3.99. The molecule has 1 heterocycles. The summed E-state index contributed by atoms with van der Waals surface area (Å²) < 4.78 is 1.18. The van der Waals surface area contributed by atoms with Crippen LogP contribution >= 0.6 is 15.9 Å². The topological polar surface area (TPSA) is 3.24 Å². The van der Waals surface area contributed by atoms with Crippen LogP contribution in [0.2, 0.25) is 0 Å². The molecule has 1 aromatic rings. The second-order valence-corrected chi connectivity index (χ2v) is 5.41. The van der Waals surface area contributed by atoms with E-state index >= 15 is 0 Å². The summed E-state index contributed by atoms with van der Waals surface area (Å²) in [5, 5.41) is 0. The highest BCUT2D eigenvalue weighted by atomic mass is 79.9. The van der Waals surface area contributed by atoms with E-state index in [1.54, 1.807) is 0 Å². The molecule has 0 atom stereocenters. The van der Waals surface area contributed by atoms with E-state index in [2.05, 4.69) is 52.9 Å². The van der Waals surface area contributed by atoms with Gasteiger partial charge in [-0.3, -0.25) is 0 Å². The highest BCUT2D eigenvalue weighted by Crippen LogP contribution is 2.31. The third kappa shape index (κ3) is 2.36. The van der Waals surface area contributed by atoms with Crippen LogP contribution < -0.4 is 4.90 Å². The fraction of sp³-hybridized carbons (Fsp3) is 0.538. The normalized spacial score (nSPS) is 16.6. The van der Waals surface area contributed by atoms with Crippen LogP contribution in [0.4, 0.5) is 5.69 Å². The lowest BCUT2D eigenvalue weighted by Gasteiger charge is -2.42. The second kappa shape index (κ2) is 4.56. The molecule has 0 aromatic heterocycles. The minimum absolute atomic E-state index is 0.924. The first-order valence-corrected chi connectivity index (χ1v) is 6.51. The van der Waals surface area contributed by atoms with Crippen molar-refractivity contribution in [1.82, 2.24) is 0 Å². The van der Waals surface area contributed by atoms with E-state index < -0.39 is 0 Å². The number of hydrogen-bond donors (Lipinski definition) is 0. The van der Waals surface area contributed by atoms with Gasteiger partial charge in [-0.15, -0.1) is 0 Å². The maximum Gasteiger partial charge on any atom is 0.0407 e. The molecule has 0 spiro atoms. The summed E-state index contributed by atoms with van der Waals surface area (Å²) in [7, 11) is 0. The van der Waals surface area contributed by atoms with Crippen LogP contribution in [-0.2, 0) is 0 Å². The molecule has 2 rings (SSSR count). The molecular formula is C13H18BrN. The summed E-state index contributed by atoms with van der Waals surface area (Å²) in [4.78, 5) is 2.49. The molecule has 82 valence electrons. The molecule has 1 aliphatic rings. The Balaban J connectivity index is 2.03. The van der Waals surface area contributed by atoms with Crippen molar-refractivity contribution < 1.29 is 0 Å². The van der Waals surface area contributed by atoms with Gasteiger partial charge in [0.15, 0.2) is 0 Å². The van der Waals surface area contributed by atoms with Gasteiger partial charge < -0.3 is 4.90 Å². The van der Waals surface area contributed by atoms with E-state index in [9.17, 15) is 0 Å². The van der Waals surface area contributed by atoms with E-state index in [0.717, 1.165) is 5.92 Å². The van der Waals surface area contributed by atoms with E-state index in [1.165, 1.54) is 41.7 Å². The predicted molar refractivity (Wildman–Crippen MR) is 69.5 cm³/mol. The largest absolute Gasteiger partial charge is 0.371 e. The zero-order valence-electron chi connectivity index (χ0n) is 9.46. The summed E-state index contributed by atoms with van der Waals surface area (Å²) in [6, 6.07) is 6.53. The van der Waals surface area contributed by atoms with E-state index in [-0.39, 0.29) is 0 Å². The highest BCUT2D eigenvalue weighted by molar-refractivity contribution is 9.10. The smallest absolute Gasteiger partial charge is 0.0407 e. The first kappa shape index (κ1) is 11.0. The minimum atomic E-state index is 0.924. The maximum atomic E-state index is 3.54. The molecule has 0 aliphatic carbocycles. The molecule has 1 saturated heterocycles. The molecule has 0 bridgehead atoms. The number of benzene rings is 1. The third-order valence-electron chi connectivity index (χ3n) is 3.17. The average Bonchev–Trinajstić information content (AvgIpc) is 2.15. The monoisotopic (exact) mass is 267 g/mol. The molecule has 0 amide bonds. The van der Waals surface area contributed by atoms with Crippen LogP contribution in [0.25, 0.3) is 0 Å². The number of nitrogens with zero attached hydrogens (tertiary/aromatic N) is 1. The standard InChI is InChI=1S/C13H18BrN/c1-3-4-11-8-15(9-11)13-7-12(14)6-5-10(13)2/h5-7,11H,3-4,8-9H2,1-2H3. The lowest BCUT2D eigenvalue weighted by molar-refractivity contribution is 0.380. The summed E-state index contributed by atoms with van der Waals surface area (Å²) in [5.41, 5.74) is 2.78. The Labute approximate surface area is 101 Å². The van der Waals surface area contributed by atoms with Gasteiger partial charge in [-0.25, -0.2) is 0 Å². The van der Waals surface area contributed by atoms with Crippen molar-refractivity contribution >= 4 is 21.6 Å². The van der Waals surface area contributed by atoms with Gasteiger partial charge >= 0.3 is 0 Å². The van der Waals surface area contributed by atoms with Gasteiger partial charge in [-0.1, -0.05) is 35.3 Å². The fourth-order valence-electron chi connectivity index (χ4n) is 2.28. The van der Waals surface area contributed by atoms with Gasteiger partial charge in [-0.2, -0.15) is 0 Å². The Morgan fingerprint density at radius 1 is 1.40 bits per heavy atom. The van der Waals surface area contributed by atoms with Gasteiger partial charge in [0.2, 0.25) is 0 Å². The molecule has 1 nitrogen and oxygen atoms in total. The van der Waals surface area contributed by atoms with Crippen molar-refractivity contribution in [3.8, 4) is 0 Å². The average molecular weight is 268 g/mol. The molecular weight excluding hydrogens is 250 g/mol. The van der Waals surface area contributed by atoms with Crippen molar-refractivity contribution in [2.45, 2.75) is 26.7 Å². The Morgan fingerprint density at radius 2 is 2.13 bits per heavy atom. The Hall–Kier alpha value is -0.500. The summed E-state index contributed by atoms with van der Waals surface area (Å²) >= 11 is 3.54. The molecule has 1 fully saturated rings. The molecule has 15 heavy (non-hydrogen) atoms. The number of halogens is 1. The van der Waals surface area contributed by atoms with Crippen LogP contribution in [0.1, 0.15) is 25.3 Å². The van der Waals surface area contributed by atoms with Crippen molar-refractivity contribution in [3.63, 3.8) is 0 Å². The molecule has 2 heteroatoms. The van der Waals surface area contributed by atoms with E-state index in [4.69, 9.17) is 0 Å². The molecule has 0 radical (unpaired) electrons. The van der Waals surface area contributed by atoms with Crippen LogP contribution in [0, 0.1) is 12.8 Å². The van der Waals surface area contributed by atoms with E-state index in [1.807, 2.05) is 0 Å². The number of hydrogen-bond acceptors (Lipinski definition) is 1. The zero-order valence-corrected chi connectivity index (χ0v) is 11.0. The van der Waals surface area contributed by atoms with Crippen molar-refractivity contribution in [1.29, 1.82) is 0 Å². The molecule has 1 aromatic carbocycles. The zero-order chi connectivity index (χ0) is 10.8. The van der Waals surface area contributed by atoms with Crippen molar-refractivity contribution in [2.24, 2.45) is 5.92 Å². The van der Waals surface area contributed by atoms with Crippen LogP contribution in [0.3, 0.4) is 0 Å². The Morgan fingerprint density at radius 3 is 2.80 bits per heavy atom. The molecule has 0 N–H and O–H groups in total. The van der Waals surface area contributed by atoms with Crippen molar-refractivity contribution in [2.75, 3.05) is 18.0 Å². The van der Waals surface area contributed by atoms with Crippen LogP contribution in [0.15, 0.2) is 22.7 Å². The third-order valence-corrected chi connectivity index (χ3v) is 3.66. The van der Waals surface area contributed by atoms with Crippen LogP contribution in [-0.4, -0.2) is 13.1 Å². The Kier molecular flexibility index (Phi) is 3.35. The minimum Gasteiger partial charge on any atom is -0.371 e. The fourth-order valence-corrected chi connectivity index (χ4v) is 2.63. The Bertz CT molecular complexity index is 342. The van der Waals surface area contributed by atoms with Crippen LogP contribution in [0.5, 0.6) is 0 Å². The second-order valence-electron chi connectivity index (χ2n) is 4.49. The van der Waals surface area contributed by atoms with E-state index in [0.29, 0.717) is 0 Å². The van der Waals surface area contributed by atoms with Gasteiger partial charge in [0.05, 0.1) is 0 Å². The molecule has 0 unspecified atom stereocenters. The quantitative estimate of drug-likeness (QED) is 0.801. The number of rotatable bonds is 3. The lowest BCUT2D eigenvalue weighted by Crippen LogP contribution is -2.46. The van der Waals surface area contributed by atoms with Gasteiger partial charge in [-0.05, 0) is 37.0 Å². The highest BCUT2D eigenvalue weighted by Gasteiger charge is 2.26. The number of anilines is 1. The molecule has 0 saturated carbocycles.